The Balaban J connectivity index is 1.79. The third-order valence-electron chi connectivity index (χ3n) is 3.45. The van der Waals surface area contributed by atoms with Crippen molar-refractivity contribution in [1.82, 2.24) is 5.32 Å². The summed E-state index contributed by atoms with van der Waals surface area (Å²) in [5.74, 6) is 0. The fraction of sp³-hybridized carbons (Fsp3) is 0.571. The van der Waals surface area contributed by atoms with Crippen molar-refractivity contribution >= 4 is 5.69 Å². The van der Waals surface area contributed by atoms with Gasteiger partial charge in [-0.2, -0.15) is 0 Å². The summed E-state index contributed by atoms with van der Waals surface area (Å²) in [5.41, 5.74) is 9.22. The van der Waals surface area contributed by atoms with Gasteiger partial charge < -0.3 is 15.8 Å². The molecule has 1 heterocycles. The van der Waals surface area contributed by atoms with Gasteiger partial charge in [0.25, 0.3) is 0 Å². The lowest BCUT2D eigenvalue weighted by molar-refractivity contribution is 0.0168. The summed E-state index contributed by atoms with van der Waals surface area (Å²) in [5, 5.41) is 3.46. The van der Waals surface area contributed by atoms with Gasteiger partial charge in [0.1, 0.15) is 0 Å². The van der Waals surface area contributed by atoms with Gasteiger partial charge in [-0.3, -0.25) is 0 Å². The van der Waals surface area contributed by atoms with E-state index >= 15 is 0 Å². The van der Waals surface area contributed by atoms with E-state index in [-0.39, 0.29) is 0 Å². The first-order valence-corrected chi connectivity index (χ1v) is 6.43. The lowest BCUT2D eigenvalue weighted by atomic mass is 10.1. The van der Waals surface area contributed by atoms with Crippen molar-refractivity contribution in [3.8, 4) is 0 Å². The molecule has 1 aromatic rings. The highest BCUT2D eigenvalue weighted by Gasteiger charge is 2.13. The molecule has 1 fully saturated rings. The second kappa shape index (κ2) is 6.03. The highest BCUT2D eigenvalue weighted by Crippen LogP contribution is 2.16. The van der Waals surface area contributed by atoms with Crippen LogP contribution < -0.4 is 11.1 Å². The summed E-state index contributed by atoms with van der Waals surface area (Å²) in [7, 11) is 0. The summed E-state index contributed by atoms with van der Waals surface area (Å²) in [4.78, 5) is 0. The van der Waals surface area contributed by atoms with Gasteiger partial charge >= 0.3 is 0 Å². The van der Waals surface area contributed by atoms with Crippen LogP contribution in [0.5, 0.6) is 0 Å². The monoisotopic (exact) mass is 234 g/mol. The average Bonchev–Trinajstić information content (AvgIpc) is 2.36. The highest BCUT2D eigenvalue weighted by molar-refractivity contribution is 5.49. The van der Waals surface area contributed by atoms with Crippen LogP contribution in [0.2, 0.25) is 0 Å². The molecular weight excluding hydrogens is 212 g/mol. The van der Waals surface area contributed by atoms with Crippen LogP contribution in [0.25, 0.3) is 0 Å². The molecule has 3 heteroatoms. The van der Waals surface area contributed by atoms with E-state index in [1.54, 1.807) is 0 Å². The Labute approximate surface area is 103 Å². The standard InChI is InChI=1S/C14H22N2O/c1-11-12(5-4-7-14(11)15)9-16-10-13-6-2-3-8-17-13/h4-5,7,13,16H,2-3,6,8-10,15H2,1H3. The van der Waals surface area contributed by atoms with Crippen molar-refractivity contribution in [3.63, 3.8) is 0 Å². The average molecular weight is 234 g/mol. The van der Waals surface area contributed by atoms with E-state index < -0.39 is 0 Å². The minimum absolute atomic E-state index is 0.394. The molecule has 2 rings (SSSR count). The van der Waals surface area contributed by atoms with Gasteiger partial charge in [0.15, 0.2) is 0 Å². The molecule has 1 saturated heterocycles. The van der Waals surface area contributed by atoms with Gasteiger partial charge in [0.05, 0.1) is 6.10 Å². The molecule has 0 saturated carbocycles. The molecule has 1 aliphatic heterocycles. The minimum atomic E-state index is 0.394. The molecule has 0 aromatic heterocycles. The number of benzene rings is 1. The first kappa shape index (κ1) is 12.4. The predicted molar refractivity (Wildman–Crippen MR) is 70.9 cm³/mol. The van der Waals surface area contributed by atoms with Crippen LogP contribution in [0.4, 0.5) is 5.69 Å². The molecule has 1 atom stereocenters. The zero-order chi connectivity index (χ0) is 12.1. The maximum absolute atomic E-state index is 5.88. The molecule has 0 spiro atoms. The normalized spacial score (nSPS) is 20.4. The first-order chi connectivity index (χ1) is 8.27. The molecule has 0 aliphatic carbocycles. The largest absolute Gasteiger partial charge is 0.399 e. The SMILES string of the molecule is Cc1c(N)cccc1CNCC1CCCCO1. The number of rotatable bonds is 4. The molecule has 0 amide bonds. The van der Waals surface area contributed by atoms with Crippen LogP contribution in [0.15, 0.2) is 18.2 Å². The van der Waals surface area contributed by atoms with Gasteiger partial charge in [-0.25, -0.2) is 0 Å². The number of nitrogens with one attached hydrogen (secondary N) is 1. The van der Waals surface area contributed by atoms with Crippen LogP contribution in [-0.2, 0) is 11.3 Å². The second-order valence-electron chi connectivity index (χ2n) is 4.75. The van der Waals surface area contributed by atoms with Gasteiger partial charge in [-0.05, 0) is 43.4 Å². The number of nitrogen functional groups attached to an aromatic ring is 1. The maximum Gasteiger partial charge on any atom is 0.0699 e. The summed E-state index contributed by atoms with van der Waals surface area (Å²) < 4.78 is 5.68. The minimum Gasteiger partial charge on any atom is -0.399 e. The molecule has 1 aromatic carbocycles. The lowest BCUT2D eigenvalue weighted by Gasteiger charge is -2.23. The van der Waals surface area contributed by atoms with Crippen molar-refractivity contribution in [2.75, 3.05) is 18.9 Å². The fourth-order valence-corrected chi connectivity index (χ4v) is 2.23. The molecule has 17 heavy (non-hydrogen) atoms. The van der Waals surface area contributed by atoms with Gasteiger partial charge in [-0.15, -0.1) is 0 Å². The molecule has 1 aliphatic rings. The quantitative estimate of drug-likeness (QED) is 0.785. The van der Waals surface area contributed by atoms with Crippen molar-refractivity contribution in [1.29, 1.82) is 0 Å². The topological polar surface area (TPSA) is 47.3 Å². The van der Waals surface area contributed by atoms with Crippen molar-refractivity contribution < 1.29 is 4.74 Å². The molecule has 0 radical (unpaired) electrons. The number of hydrogen-bond acceptors (Lipinski definition) is 3. The zero-order valence-electron chi connectivity index (χ0n) is 10.5. The van der Waals surface area contributed by atoms with Crippen LogP contribution in [0.1, 0.15) is 30.4 Å². The Bertz CT molecular complexity index is 359. The number of nitrogens with two attached hydrogens (primary N) is 1. The van der Waals surface area contributed by atoms with Gasteiger partial charge in [-0.1, -0.05) is 12.1 Å². The molecule has 3 nitrogen and oxygen atoms in total. The van der Waals surface area contributed by atoms with Crippen LogP contribution in [-0.4, -0.2) is 19.3 Å². The second-order valence-corrected chi connectivity index (χ2v) is 4.75. The Morgan fingerprint density at radius 3 is 3.06 bits per heavy atom. The Kier molecular flexibility index (Phi) is 4.40. The van der Waals surface area contributed by atoms with Gasteiger partial charge in [0, 0.05) is 25.4 Å². The summed E-state index contributed by atoms with van der Waals surface area (Å²) in [6.45, 7) is 4.80. The molecule has 94 valence electrons. The highest BCUT2D eigenvalue weighted by atomic mass is 16.5. The van der Waals surface area contributed by atoms with E-state index in [0.29, 0.717) is 6.10 Å². The van der Waals surface area contributed by atoms with Crippen LogP contribution in [0, 0.1) is 6.92 Å². The van der Waals surface area contributed by atoms with Gasteiger partial charge in [0.2, 0.25) is 0 Å². The van der Waals surface area contributed by atoms with E-state index in [4.69, 9.17) is 10.5 Å². The molecule has 3 N–H and O–H groups in total. The number of ether oxygens (including phenoxy) is 1. The van der Waals surface area contributed by atoms with E-state index in [9.17, 15) is 0 Å². The maximum atomic E-state index is 5.88. The molecule has 0 bridgehead atoms. The van der Waals surface area contributed by atoms with Crippen LogP contribution in [0.3, 0.4) is 0 Å². The van der Waals surface area contributed by atoms with E-state index in [0.717, 1.165) is 25.4 Å². The summed E-state index contributed by atoms with van der Waals surface area (Å²) in [6, 6.07) is 6.08. The smallest absolute Gasteiger partial charge is 0.0699 e. The third-order valence-corrected chi connectivity index (χ3v) is 3.45. The summed E-state index contributed by atoms with van der Waals surface area (Å²) in [6.07, 6.45) is 4.09. The predicted octanol–water partition coefficient (Wildman–Crippen LogP) is 2.24. The van der Waals surface area contributed by atoms with Crippen LogP contribution >= 0.6 is 0 Å². The zero-order valence-corrected chi connectivity index (χ0v) is 10.5. The van der Waals surface area contributed by atoms with E-state index in [1.165, 1.54) is 30.4 Å². The number of hydrogen-bond donors (Lipinski definition) is 2. The van der Waals surface area contributed by atoms with Crippen molar-refractivity contribution in [2.45, 2.75) is 38.8 Å². The Morgan fingerprint density at radius 1 is 1.41 bits per heavy atom. The first-order valence-electron chi connectivity index (χ1n) is 6.43. The van der Waals surface area contributed by atoms with E-state index in [2.05, 4.69) is 18.3 Å². The molecule has 1 unspecified atom stereocenters. The van der Waals surface area contributed by atoms with Crippen molar-refractivity contribution in [2.24, 2.45) is 0 Å². The third kappa shape index (κ3) is 3.45. The Morgan fingerprint density at radius 2 is 2.29 bits per heavy atom. The number of anilines is 1. The fourth-order valence-electron chi connectivity index (χ4n) is 2.23. The lowest BCUT2D eigenvalue weighted by Crippen LogP contribution is -2.31. The molecular formula is C14H22N2O. The summed E-state index contributed by atoms with van der Waals surface area (Å²) >= 11 is 0. The van der Waals surface area contributed by atoms with E-state index in [1.807, 2.05) is 12.1 Å². The van der Waals surface area contributed by atoms with Crippen molar-refractivity contribution in [3.05, 3.63) is 29.3 Å². The Hall–Kier alpha value is -1.06.